The van der Waals surface area contributed by atoms with Crippen molar-refractivity contribution in [2.45, 2.75) is 33.1 Å². The second-order valence-corrected chi connectivity index (χ2v) is 5.25. The first-order valence-electron chi connectivity index (χ1n) is 7.10. The van der Waals surface area contributed by atoms with Gasteiger partial charge >= 0.3 is 0 Å². The highest BCUT2D eigenvalue weighted by Crippen LogP contribution is 2.33. The number of hydrogen-bond donors (Lipinski definition) is 2. The molecular formula is C16H22N4O. The van der Waals surface area contributed by atoms with Crippen molar-refractivity contribution in [2.24, 2.45) is 12.8 Å². The van der Waals surface area contributed by atoms with Gasteiger partial charge in [0.05, 0.1) is 5.69 Å². The summed E-state index contributed by atoms with van der Waals surface area (Å²) in [5, 5.41) is 12.0. The molecule has 5 nitrogen and oxygen atoms in total. The molecule has 1 heterocycles. The summed E-state index contributed by atoms with van der Waals surface area (Å²) >= 11 is 0. The Morgan fingerprint density at radius 3 is 2.71 bits per heavy atom. The van der Waals surface area contributed by atoms with E-state index in [1.807, 2.05) is 25.1 Å². The molecule has 0 fully saturated rings. The summed E-state index contributed by atoms with van der Waals surface area (Å²) in [5.41, 5.74) is 8.05. The third-order valence-electron chi connectivity index (χ3n) is 3.71. The maximum atomic E-state index is 7.71. The molecule has 0 aliphatic heterocycles. The van der Waals surface area contributed by atoms with Gasteiger partial charge in [0.15, 0.2) is 0 Å². The van der Waals surface area contributed by atoms with Gasteiger partial charge in [0.25, 0.3) is 0 Å². The molecule has 2 aromatic rings. The Labute approximate surface area is 125 Å². The van der Waals surface area contributed by atoms with Crippen molar-refractivity contribution in [3.63, 3.8) is 0 Å². The molecule has 1 atom stereocenters. The SMILES string of the molecule is CCC(C)c1ccccc1Oc1c(C(=N)N)c(C)nn1C. The van der Waals surface area contributed by atoms with Crippen molar-refractivity contribution in [2.75, 3.05) is 0 Å². The first-order chi connectivity index (χ1) is 9.95. The predicted molar refractivity (Wildman–Crippen MR) is 84.2 cm³/mol. The van der Waals surface area contributed by atoms with Gasteiger partial charge in [-0.25, -0.2) is 4.68 Å². The lowest BCUT2D eigenvalue weighted by molar-refractivity contribution is 0.421. The molecule has 0 bridgehead atoms. The molecule has 1 unspecified atom stereocenters. The fourth-order valence-corrected chi connectivity index (χ4v) is 2.37. The molecule has 112 valence electrons. The predicted octanol–water partition coefficient (Wildman–Crippen LogP) is 3.32. The van der Waals surface area contributed by atoms with E-state index in [0.717, 1.165) is 17.7 Å². The van der Waals surface area contributed by atoms with Crippen LogP contribution in [0, 0.1) is 12.3 Å². The van der Waals surface area contributed by atoms with E-state index in [1.165, 1.54) is 0 Å². The van der Waals surface area contributed by atoms with Crippen molar-refractivity contribution in [1.29, 1.82) is 5.41 Å². The van der Waals surface area contributed by atoms with Crippen molar-refractivity contribution in [1.82, 2.24) is 9.78 Å². The molecular weight excluding hydrogens is 264 g/mol. The Bertz CT molecular complexity index is 660. The summed E-state index contributed by atoms with van der Waals surface area (Å²) in [4.78, 5) is 0. The average molecular weight is 286 g/mol. The van der Waals surface area contributed by atoms with Gasteiger partial charge in [-0.2, -0.15) is 5.10 Å². The van der Waals surface area contributed by atoms with E-state index < -0.39 is 0 Å². The molecule has 0 saturated carbocycles. The van der Waals surface area contributed by atoms with Gasteiger partial charge in [-0.15, -0.1) is 0 Å². The van der Waals surface area contributed by atoms with Crippen LogP contribution >= 0.6 is 0 Å². The van der Waals surface area contributed by atoms with Crippen LogP contribution in [0.2, 0.25) is 0 Å². The molecule has 0 spiro atoms. The van der Waals surface area contributed by atoms with E-state index in [-0.39, 0.29) is 5.84 Å². The van der Waals surface area contributed by atoms with E-state index in [0.29, 0.717) is 23.1 Å². The molecule has 0 aliphatic rings. The van der Waals surface area contributed by atoms with Crippen LogP contribution < -0.4 is 10.5 Å². The first kappa shape index (κ1) is 15.1. The quantitative estimate of drug-likeness (QED) is 0.654. The number of nitrogens with two attached hydrogens (primary N) is 1. The van der Waals surface area contributed by atoms with Crippen LogP contribution in [0.4, 0.5) is 0 Å². The average Bonchev–Trinajstić information content (AvgIpc) is 2.73. The van der Waals surface area contributed by atoms with Crippen LogP contribution in [-0.4, -0.2) is 15.6 Å². The first-order valence-corrected chi connectivity index (χ1v) is 7.10. The topological polar surface area (TPSA) is 76.9 Å². The summed E-state index contributed by atoms with van der Waals surface area (Å²) < 4.78 is 7.68. The fourth-order valence-electron chi connectivity index (χ4n) is 2.37. The van der Waals surface area contributed by atoms with Crippen molar-refractivity contribution >= 4 is 5.84 Å². The number of para-hydroxylation sites is 1. The Balaban J connectivity index is 2.46. The molecule has 3 N–H and O–H groups in total. The highest BCUT2D eigenvalue weighted by Gasteiger charge is 2.19. The molecule has 0 radical (unpaired) electrons. The maximum Gasteiger partial charge on any atom is 0.228 e. The number of aromatic nitrogens is 2. The smallest absolute Gasteiger partial charge is 0.228 e. The number of hydrogen-bond acceptors (Lipinski definition) is 3. The zero-order valence-electron chi connectivity index (χ0n) is 13.0. The van der Waals surface area contributed by atoms with Gasteiger partial charge in [0.2, 0.25) is 5.88 Å². The molecule has 5 heteroatoms. The molecule has 21 heavy (non-hydrogen) atoms. The minimum atomic E-state index is -0.0309. The van der Waals surface area contributed by atoms with Crippen LogP contribution in [0.25, 0.3) is 0 Å². The van der Waals surface area contributed by atoms with E-state index in [4.69, 9.17) is 15.9 Å². The standard InChI is InChI=1S/C16H22N4O/c1-5-10(2)12-8-6-7-9-13(12)21-16-14(15(17)18)11(3)19-20(16)4/h6-10H,5H2,1-4H3,(H3,17,18). The van der Waals surface area contributed by atoms with Gasteiger partial charge in [0, 0.05) is 7.05 Å². The summed E-state index contributed by atoms with van der Waals surface area (Å²) in [6, 6.07) is 7.96. The zero-order valence-corrected chi connectivity index (χ0v) is 13.0. The minimum Gasteiger partial charge on any atom is -0.438 e. The summed E-state index contributed by atoms with van der Waals surface area (Å²) in [6.45, 7) is 6.14. The third-order valence-corrected chi connectivity index (χ3v) is 3.71. The van der Waals surface area contributed by atoms with Gasteiger partial charge < -0.3 is 10.5 Å². The molecule has 0 aliphatic carbocycles. The third kappa shape index (κ3) is 2.91. The van der Waals surface area contributed by atoms with Gasteiger partial charge in [-0.1, -0.05) is 32.0 Å². The lowest BCUT2D eigenvalue weighted by Crippen LogP contribution is -2.13. The molecule has 1 aromatic heterocycles. The summed E-state index contributed by atoms with van der Waals surface area (Å²) in [6.07, 6.45) is 1.03. The molecule has 0 amide bonds. The maximum absolute atomic E-state index is 7.71. The van der Waals surface area contributed by atoms with Crippen LogP contribution in [0.3, 0.4) is 0 Å². The zero-order chi connectivity index (χ0) is 15.6. The van der Waals surface area contributed by atoms with E-state index in [1.54, 1.807) is 11.7 Å². The normalized spacial score (nSPS) is 12.2. The number of nitrogens with one attached hydrogen (secondary N) is 1. The monoisotopic (exact) mass is 286 g/mol. The number of benzene rings is 1. The fraction of sp³-hybridized carbons (Fsp3) is 0.375. The number of ether oxygens (including phenoxy) is 1. The molecule has 0 saturated heterocycles. The summed E-state index contributed by atoms with van der Waals surface area (Å²) in [7, 11) is 1.79. The lowest BCUT2D eigenvalue weighted by Gasteiger charge is -2.16. The number of rotatable bonds is 5. The van der Waals surface area contributed by atoms with E-state index in [9.17, 15) is 0 Å². The lowest BCUT2D eigenvalue weighted by atomic mass is 9.98. The Morgan fingerprint density at radius 2 is 2.10 bits per heavy atom. The van der Waals surface area contributed by atoms with Crippen molar-refractivity contribution in [3.05, 3.63) is 41.1 Å². The number of amidine groups is 1. The largest absolute Gasteiger partial charge is 0.438 e. The molecule has 2 rings (SSSR count). The highest BCUT2D eigenvalue weighted by molar-refractivity contribution is 5.98. The number of aryl methyl sites for hydroxylation is 2. The number of nitrogens with zero attached hydrogens (tertiary/aromatic N) is 2. The van der Waals surface area contributed by atoms with Gasteiger partial charge in [-0.3, -0.25) is 5.41 Å². The summed E-state index contributed by atoms with van der Waals surface area (Å²) in [5.74, 6) is 1.67. The second kappa shape index (κ2) is 5.99. The van der Waals surface area contributed by atoms with Crippen molar-refractivity contribution < 1.29 is 4.74 Å². The Morgan fingerprint density at radius 1 is 1.43 bits per heavy atom. The van der Waals surface area contributed by atoms with Crippen LogP contribution in [0.5, 0.6) is 11.6 Å². The van der Waals surface area contributed by atoms with Gasteiger partial charge in [0.1, 0.15) is 17.1 Å². The number of nitrogen functional groups attached to an aromatic ring is 1. The Hall–Kier alpha value is -2.30. The molecule has 1 aromatic carbocycles. The minimum absolute atomic E-state index is 0.0309. The van der Waals surface area contributed by atoms with Gasteiger partial charge in [-0.05, 0) is 30.9 Å². The van der Waals surface area contributed by atoms with Crippen LogP contribution in [0.1, 0.15) is 43.0 Å². The second-order valence-electron chi connectivity index (χ2n) is 5.25. The Kier molecular flexibility index (Phi) is 4.31. The van der Waals surface area contributed by atoms with Crippen LogP contribution in [-0.2, 0) is 7.05 Å². The van der Waals surface area contributed by atoms with E-state index >= 15 is 0 Å². The highest BCUT2D eigenvalue weighted by atomic mass is 16.5. The van der Waals surface area contributed by atoms with E-state index in [2.05, 4.69) is 25.0 Å². The van der Waals surface area contributed by atoms with Crippen LogP contribution in [0.15, 0.2) is 24.3 Å². The van der Waals surface area contributed by atoms with Crippen molar-refractivity contribution in [3.8, 4) is 11.6 Å².